The van der Waals surface area contributed by atoms with Crippen molar-refractivity contribution in [2.75, 3.05) is 37.6 Å². The number of halogens is 1. The quantitative estimate of drug-likeness (QED) is 0.641. The van der Waals surface area contributed by atoms with Crippen molar-refractivity contribution in [1.29, 1.82) is 0 Å². The van der Waals surface area contributed by atoms with Gasteiger partial charge in [0.1, 0.15) is 11.6 Å². The Bertz CT molecular complexity index is 974. The molecule has 0 saturated carbocycles. The Balaban J connectivity index is 2.05. The van der Waals surface area contributed by atoms with Crippen molar-refractivity contribution in [2.45, 2.75) is 73.0 Å². The molecule has 2 heterocycles. The Morgan fingerprint density at radius 1 is 1.21 bits per heavy atom. The van der Waals surface area contributed by atoms with Gasteiger partial charge in [0.25, 0.3) is 0 Å². The monoisotopic (exact) mass is 472 g/mol. The van der Waals surface area contributed by atoms with Gasteiger partial charge in [0.2, 0.25) is 0 Å². The number of hydrogen-bond donors (Lipinski definition) is 1. The average molecular weight is 473 g/mol. The molecule has 0 spiro atoms. The Labute approximate surface area is 203 Å². The number of anilines is 1. The van der Waals surface area contributed by atoms with Crippen LogP contribution < -0.4 is 10.2 Å². The molecule has 1 aromatic heterocycles. The Kier molecular flexibility index (Phi) is 8.23. The van der Waals surface area contributed by atoms with E-state index in [1.165, 1.54) is 12.1 Å². The second-order valence-corrected chi connectivity index (χ2v) is 10.3. The number of hydrogen-bond acceptors (Lipinski definition) is 4. The zero-order valence-electron chi connectivity index (χ0n) is 21.9. The first kappa shape index (κ1) is 26.0. The van der Waals surface area contributed by atoms with Crippen LogP contribution in [0.1, 0.15) is 59.2 Å². The molecule has 1 aliphatic heterocycles. The molecule has 34 heavy (non-hydrogen) atoms. The predicted molar refractivity (Wildman–Crippen MR) is 136 cm³/mol. The molecule has 3 rings (SSSR count). The first-order valence-electron chi connectivity index (χ1n) is 12.4. The highest BCUT2D eigenvalue weighted by Gasteiger charge is 2.30. The molecule has 1 saturated heterocycles. The van der Waals surface area contributed by atoms with Crippen molar-refractivity contribution >= 4 is 11.8 Å². The molecule has 1 fully saturated rings. The van der Waals surface area contributed by atoms with Gasteiger partial charge in [-0.15, -0.1) is 0 Å². The summed E-state index contributed by atoms with van der Waals surface area (Å²) in [6.45, 7) is 19.4. The largest absolute Gasteiger partial charge is 0.354 e. The number of piperazine rings is 1. The number of aromatic nitrogens is 2. The van der Waals surface area contributed by atoms with Crippen molar-refractivity contribution in [1.82, 2.24) is 24.9 Å². The summed E-state index contributed by atoms with van der Waals surface area (Å²) >= 11 is 0. The lowest BCUT2D eigenvalue weighted by atomic mass is 10.1. The van der Waals surface area contributed by atoms with Crippen LogP contribution in [0.3, 0.4) is 0 Å². The molecule has 188 valence electrons. The fraction of sp³-hybridized carbons (Fsp3) is 0.615. The smallest absolute Gasteiger partial charge is 0.318 e. The summed E-state index contributed by atoms with van der Waals surface area (Å²) < 4.78 is 16.0. The molecule has 2 aromatic rings. The van der Waals surface area contributed by atoms with Crippen molar-refractivity contribution in [3.63, 3.8) is 0 Å². The van der Waals surface area contributed by atoms with Crippen LogP contribution in [0.25, 0.3) is 5.69 Å². The van der Waals surface area contributed by atoms with Gasteiger partial charge in [0, 0.05) is 43.3 Å². The number of amides is 2. The van der Waals surface area contributed by atoms with Gasteiger partial charge in [0.15, 0.2) is 0 Å². The average Bonchev–Trinajstić information content (AvgIpc) is 3.11. The van der Waals surface area contributed by atoms with Crippen LogP contribution in [0, 0.1) is 12.7 Å². The molecule has 1 aliphatic rings. The van der Waals surface area contributed by atoms with Gasteiger partial charge in [-0.2, -0.15) is 5.10 Å². The lowest BCUT2D eigenvalue weighted by Crippen LogP contribution is -2.51. The predicted octanol–water partition coefficient (Wildman–Crippen LogP) is 4.57. The maximum Gasteiger partial charge on any atom is 0.318 e. The maximum absolute atomic E-state index is 14.1. The van der Waals surface area contributed by atoms with Gasteiger partial charge in [-0.1, -0.05) is 19.9 Å². The third-order valence-corrected chi connectivity index (χ3v) is 6.52. The van der Waals surface area contributed by atoms with E-state index >= 15 is 0 Å². The Morgan fingerprint density at radius 2 is 1.88 bits per heavy atom. The number of nitrogens with zero attached hydrogens (tertiary/aromatic N) is 5. The maximum atomic E-state index is 14.1. The lowest BCUT2D eigenvalue weighted by molar-refractivity contribution is 0.165. The minimum absolute atomic E-state index is 0.0593. The summed E-state index contributed by atoms with van der Waals surface area (Å²) in [5.41, 5.74) is 2.23. The first-order chi connectivity index (χ1) is 16.0. The highest BCUT2D eigenvalue weighted by atomic mass is 19.1. The highest BCUT2D eigenvalue weighted by Crippen LogP contribution is 2.30. The van der Waals surface area contributed by atoms with Crippen LogP contribution in [-0.2, 0) is 6.54 Å². The molecular formula is C26H41FN6O. The topological polar surface area (TPSA) is 56.6 Å². The summed E-state index contributed by atoms with van der Waals surface area (Å²) in [4.78, 5) is 19.9. The zero-order valence-corrected chi connectivity index (χ0v) is 21.9. The van der Waals surface area contributed by atoms with E-state index < -0.39 is 0 Å². The standard InChI is InChI=1S/C26H41FN6O/c1-8-19(3)32(25(34)28-26(5,6)7)18-23-20(4)29-33(22-12-10-11-21(27)17-22)24(23)31-15-13-30(9-2)14-16-31/h10-12,17,19H,8-9,13-16,18H2,1-7H3,(H,28,34)/t19-/m1/s1. The SMILES string of the molecule is CC[C@@H](C)N(Cc1c(C)nn(-c2cccc(F)c2)c1N1CCN(CC)CC1)C(=O)NC(C)(C)C. The first-order valence-corrected chi connectivity index (χ1v) is 12.4. The molecule has 1 aromatic carbocycles. The number of aryl methyl sites for hydroxylation is 1. The minimum atomic E-state index is -0.330. The van der Waals surface area contributed by atoms with E-state index in [9.17, 15) is 9.18 Å². The minimum Gasteiger partial charge on any atom is -0.354 e. The fourth-order valence-corrected chi connectivity index (χ4v) is 4.33. The summed E-state index contributed by atoms with van der Waals surface area (Å²) in [5.74, 6) is 0.662. The van der Waals surface area contributed by atoms with Crippen molar-refractivity contribution in [3.05, 3.63) is 41.3 Å². The summed E-state index contributed by atoms with van der Waals surface area (Å²) in [6, 6.07) is 6.53. The van der Waals surface area contributed by atoms with E-state index in [0.29, 0.717) is 12.2 Å². The van der Waals surface area contributed by atoms with Gasteiger partial charge in [-0.25, -0.2) is 13.9 Å². The Morgan fingerprint density at radius 3 is 2.44 bits per heavy atom. The molecule has 0 unspecified atom stereocenters. The number of carbonyl (C=O) groups is 1. The molecule has 1 atom stereocenters. The molecule has 0 aliphatic carbocycles. The molecular weight excluding hydrogens is 431 g/mol. The van der Waals surface area contributed by atoms with Crippen LogP contribution >= 0.6 is 0 Å². The van der Waals surface area contributed by atoms with E-state index in [1.807, 2.05) is 43.3 Å². The van der Waals surface area contributed by atoms with E-state index in [2.05, 4.69) is 35.9 Å². The second-order valence-electron chi connectivity index (χ2n) is 10.3. The van der Waals surface area contributed by atoms with Crippen LogP contribution in [0.2, 0.25) is 0 Å². The van der Waals surface area contributed by atoms with Crippen LogP contribution in [0.5, 0.6) is 0 Å². The summed E-state index contributed by atoms with van der Waals surface area (Å²) in [7, 11) is 0. The van der Waals surface area contributed by atoms with E-state index in [-0.39, 0.29) is 23.4 Å². The molecule has 7 nitrogen and oxygen atoms in total. The molecule has 0 bridgehead atoms. The van der Waals surface area contributed by atoms with E-state index in [0.717, 1.165) is 56.2 Å². The van der Waals surface area contributed by atoms with E-state index in [4.69, 9.17) is 5.10 Å². The van der Waals surface area contributed by atoms with Gasteiger partial charge >= 0.3 is 6.03 Å². The highest BCUT2D eigenvalue weighted by molar-refractivity contribution is 5.75. The van der Waals surface area contributed by atoms with Crippen LogP contribution in [0.15, 0.2) is 24.3 Å². The molecule has 0 radical (unpaired) electrons. The zero-order chi connectivity index (χ0) is 25.0. The van der Waals surface area contributed by atoms with Gasteiger partial charge in [0.05, 0.1) is 17.9 Å². The normalized spacial score (nSPS) is 15.9. The molecule has 8 heteroatoms. The number of rotatable bonds is 7. The second kappa shape index (κ2) is 10.8. The fourth-order valence-electron chi connectivity index (χ4n) is 4.33. The number of benzene rings is 1. The van der Waals surface area contributed by atoms with Crippen LogP contribution in [-0.4, -0.2) is 69.9 Å². The van der Waals surface area contributed by atoms with Crippen molar-refractivity contribution in [3.8, 4) is 5.69 Å². The Hall–Kier alpha value is -2.61. The third kappa shape index (κ3) is 6.09. The lowest BCUT2D eigenvalue weighted by Gasteiger charge is -2.37. The number of nitrogens with one attached hydrogen (secondary N) is 1. The van der Waals surface area contributed by atoms with Gasteiger partial charge in [-0.3, -0.25) is 0 Å². The molecule has 1 N–H and O–H groups in total. The number of likely N-dealkylation sites (N-methyl/N-ethyl adjacent to an activating group) is 1. The molecule has 2 amide bonds. The summed E-state index contributed by atoms with van der Waals surface area (Å²) in [5, 5.41) is 7.97. The van der Waals surface area contributed by atoms with E-state index in [1.54, 1.807) is 6.07 Å². The summed E-state index contributed by atoms with van der Waals surface area (Å²) in [6.07, 6.45) is 0.846. The third-order valence-electron chi connectivity index (χ3n) is 6.52. The van der Waals surface area contributed by atoms with Gasteiger partial charge in [-0.05, 0) is 65.8 Å². The van der Waals surface area contributed by atoms with Gasteiger partial charge < -0.3 is 20.0 Å². The van der Waals surface area contributed by atoms with Crippen molar-refractivity contribution < 1.29 is 9.18 Å². The number of carbonyl (C=O) groups excluding carboxylic acids is 1. The number of urea groups is 1. The van der Waals surface area contributed by atoms with Crippen LogP contribution in [0.4, 0.5) is 15.0 Å². The van der Waals surface area contributed by atoms with Crippen molar-refractivity contribution in [2.24, 2.45) is 0 Å².